The summed E-state index contributed by atoms with van der Waals surface area (Å²) in [6, 6.07) is 10.8. The monoisotopic (exact) mass is 390 g/mol. The number of piperazine rings is 1. The van der Waals surface area contributed by atoms with Gasteiger partial charge in [0.15, 0.2) is 0 Å². The van der Waals surface area contributed by atoms with E-state index in [1.807, 2.05) is 44.2 Å². The van der Waals surface area contributed by atoms with Crippen molar-refractivity contribution in [1.29, 1.82) is 0 Å². The molecule has 1 heterocycles. The van der Waals surface area contributed by atoms with E-state index in [0.29, 0.717) is 36.7 Å². The molecule has 1 aliphatic heterocycles. The van der Waals surface area contributed by atoms with Gasteiger partial charge in [-0.3, -0.25) is 0 Å². The third-order valence-corrected chi connectivity index (χ3v) is 6.96. The summed E-state index contributed by atoms with van der Waals surface area (Å²) in [6.07, 6.45) is 0. The van der Waals surface area contributed by atoms with E-state index in [0.717, 1.165) is 11.1 Å². The van der Waals surface area contributed by atoms with Crippen molar-refractivity contribution in [1.82, 2.24) is 9.62 Å². The summed E-state index contributed by atoms with van der Waals surface area (Å²) in [4.78, 5) is 0.234. The van der Waals surface area contributed by atoms with Gasteiger partial charge in [-0.25, -0.2) is 8.42 Å². The third-order valence-electron chi connectivity index (χ3n) is 4.86. The van der Waals surface area contributed by atoms with Crippen molar-refractivity contribution in [3.05, 3.63) is 53.1 Å². The van der Waals surface area contributed by atoms with E-state index in [2.05, 4.69) is 5.32 Å². The highest BCUT2D eigenvalue weighted by Crippen LogP contribution is 2.38. The molecular weight excluding hydrogens is 364 g/mol. The predicted molar refractivity (Wildman–Crippen MR) is 105 cm³/mol. The standard InChI is InChI=1S/C20H26N2O4S/c1-14-11-15(2)20(19(12-14)26-4)27(23,24)22-10-9-21-13-17(22)16-7-5-6-8-18(16)25-3/h5-8,11-12,17,21H,9-10,13H2,1-4H3. The van der Waals surface area contributed by atoms with E-state index in [9.17, 15) is 8.42 Å². The van der Waals surface area contributed by atoms with Crippen LogP contribution in [0.5, 0.6) is 11.5 Å². The molecule has 27 heavy (non-hydrogen) atoms. The van der Waals surface area contributed by atoms with E-state index < -0.39 is 10.0 Å². The molecule has 0 bridgehead atoms. The van der Waals surface area contributed by atoms with Gasteiger partial charge in [0.2, 0.25) is 10.0 Å². The summed E-state index contributed by atoms with van der Waals surface area (Å²) in [6.45, 7) is 5.23. The van der Waals surface area contributed by atoms with Gasteiger partial charge in [0.1, 0.15) is 16.4 Å². The molecule has 0 amide bonds. The number of methoxy groups -OCH3 is 2. The van der Waals surface area contributed by atoms with Crippen molar-refractivity contribution in [2.75, 3.05) is 33.9 Å². The quantitative estimate of drug-likeness (QED) is 0.850. The maximum absolute atomic E-state index is 13.7. The lowest BCUT2D eigenvalue weighted by Gasteiger charge is -2.36. The molecule has 0 aliphatic carbocycles. The van der Waals surface area contributed by atoms with Gasteiger partial charge >= 0.3 is 0 Å². The number of sulfonamides is 1. The topological polar surface area (TPSA) is 67.9 Å². The Morgan fingerprint density at radius 3 is 2.48 bits per heavy atom. The number of aryl methyl sites for hydroxylation is 2. The second-order valence-electron chi connectivity index (χ2n) is 6.69. The second kappa shape index (κ2) is 7.88. The molecule has 7 heteroatoms. The first-order chi connectivity index (χ1) is 12.9. The summed E-state index contributed by atoms with van der Waals surface area (Å²) in [5.41, 5.74) is 2.49. The minimum atomic E-state index is -3.76. The highest BCUT2D eigenvalue weighted by atomic mass is 32.2. The van der Waals surface area contributed by atoms with Gasteiger partial charge in [-0.05, 0) is 37.1 Å². The number of para-hydroxylation sites is 1. The van der Waals surface area contributed by atoms with E-state index in [4.69, 9.17) is 9.47 Å². The minimum Gasteiger partial charge on any atom is -0.496 e. The normalized spacial score (nSPS) is 18.3. The minimum absolute atomic E-state index is 0.234. The fraction of sp³-hybridized carbons (Fsp3) is 0.400. The molecule has 0 radical (unpaired) electrons. The van der Waals surface area contributed by atoms with Gasteiger partial charge in [0, 0.05) is 25.2 Å². The van der Waals surface area contributed by atoms with Crippen LogP contribution in [0.1, 0.15) is 22.7 Å². The summed E-state index contributed by atoms with van der Waals surface area (Å²) < 4.78 is 39.8. The van der Waals surface area contributed by atoms with Crippen LogP contribution in [-0.2, 0) is 10.0 Å². The van der Waals surface area contributed by atoms with E-state index in [1.54, 1.807) is 17.5 Å². The Labute approximate surface area is 161 Å². The number of hydrogen-bond donors (Lipinski definition) is 1. The Hall–Kier alpha value is -2.09. The van der Waals surface area contributed by atoms with Crippen LogP contribution in [0.2, 0.25) is 0 Å². The molecule has 0 spiro atoms. The zero-order valence-electron chi connectivity index (χ0n) is 16.2. The van der Waals surface area contributed by atoms with Gasteiger partial charge in [-0.1, -0.05) is 24.3 Å². The van der Waals surface area contributed by atoms with Crippen molar-refractivity contribution in [3.63, 3.8) is 0 Å². The van der Waals surface area contributed by atoms with Crippen LogP contribution in [-0.4, -0.2) is 46.6 Å². The molecule has 1 aliphatic rings. The summed E-state index contributed by atoms with van der Waals surface area (Å²) in [5.74, 6) is 1.06. The zero-order chi connectivity index (χ0) is 19.6. The Bertz CT molecular complexity index is 928. The summed E-state index contributed by atoms with van der Waals surface area (Å²) >= 11 is 0. The number of ether oxygens (including phenoxy) is 2. The molecule has 1 unspecified atom stereocenters. The van der Waals surface area contributed by atoms with Crippen LogP contribution in [0, 0.1) is 13.8 Å². The molecule has 0 saturated carbocycles. The van der Waals surface area contributed by atoms with Gasteiger partial charge in [0.25, 0.3) is 0 Å². The van der Waals surface area contributed by atoms with Gasteiger partial charge in [-0.15, -0.1) is 0 Å². The Balaban J connectivity index is 2.12. The van der Waals surface area contributed by atoms with Crippen molar-refractivity contribution < 1.29 is 17.9 Å². The Morgan fingerprint density at radius 1 is 1.07 bits per heavy atom. The number of hydrogen-bond acceptors (Lipinski definition) is 5. The van der Waals surface area contributed by atoms with Gasteiger partial charge in [-0.2, -0.15) is 4.31 Å². The molecule has 2 aromatic carbocycles. The molecule has 1 saturated heterocycles. The van der Waals surface area contributed by atoms with Crippen LogP contribution < -0.4 is 14.8 Å². The fourth-order valence-corrected chi connectivity index (χ4v) is 5.65. The van der Waals surface area contributed by atoms with Gasteiger partial charge < -0.3 is 14.8 Å². The van der Waals surface area contributed by atoms with Gasteiger partial charge in [0.05, 0.1) is 20.3 Å². The fourth-order valence-electron chi connectivity index (χ4n) is 3.69. The lowest BCUT2D eigenvalue weighted by molar-refractivity contribution is 0.263. The average Bonchev–Trinajstić information content (AvgIpc) is 2.66. The highest BCUT2D eigenvalue weighted by molar-refractivity contribution is 7.89. The zero-order valence-corrected chi connectivity index (χ0v) is 17.0. The molecule has 3 rings (SSSR count). The van der Waals surface area contributed by atoms with Crippen molar-refractivity contribution in [2.45, 2.75) is 24.8 Å². The van der Waals surface area contributed by atoms with Crippen molar-refractivity contribution >= 4 is 10.0 Å². The summed E-state index contributed by atoms with van der Waals surface area (Å²) in [7, 11) is -0.661. The first-order valence-corrected chi connectivity index (χ1v) is 10.3. The first kappa shape index (κ1) is 19.7. The average molecular weight is 391 g/mol. The smallest absolute Gasteiger partial charge is 0.247 e. The number of nitrogens with one attached hydrogen (secondary N) is 1. The van der Waals surface area contributed by atoms with Crippen LogP contribution in [0.3, 0.4) is 0 Å². The van der Waals surface area contributed by atoms with Crippen LogP contribution in [0.4, 0.5) is 0 Å². The van der Waals surface area contributed by atoms with Crippen LogP contribution in [0.25, 0.3) is 0 Å². The molecule has 2 aromatic rings. The number of benzene rings is 2. The van der Waals surface area contributed by atoms with E-state index in [1.165, 1.54) is 7.11 Å². The molecular formula is C20H26N2O4S. The lowest BCUT2D eigenvalue weighted by Crippen LogP contribution is -2.48. The van der Waals surface area contributed by atoms with E-state index >= 15 is 0 Å². The Morgan fingerprint density at radius 2 is 1.78 bits per heavy atom. The number of rotatable bonds is 5. The second-order valence-corrected chi connectivity index (χ2v) is 8.52. The SMILES string of the molecule is COc1ccccc1C1CNCCN1S(=O)(=O)c1c(C)cc(C)cc1OC. The lowest BCUT2D eigenvalue weighted by atomic mass is 10.0. The van der Waals surface area contributed by atoms with Crippen molar-refractivity contribution in [3.8, 4) is 11.5 Å². The van der Waals surface area contributed by atoms with E-state index in [-0.39, 0.29) is 10.9 Å². The largest absolute Gasteiger partial charge is 0.496 e. The molecule has 0 aromatic heterocycles. The molecule has 1 fully saturated rings. The molecule has 146 valence electrons. The predicted octanol–water partition coefficient (Wildman–Crippen LogP) is 2.66. The molecule has 1 N–H and O–H groups in total. The van der Waals surface area contributed by atoms with Crippen molar-refractivity contribution in [2.24, 2.45) is 0 Å². The highest BCUT2D eigenvalue weighted by Gasteiger charge is 2.38. The summed E-state index contributed by atoms with van der Waals surface area (Å²) in [5, 5.41) is 3.30. The molecule has 1 atom stereocenters. The Kier molecular flexibility index (Phi) is 5.74. The third kappa shape index (κ3) is 3.67. The van der Waals surface area contributed by atoms with Crippen LogP contribution >= 0.6 is 0 Å². The molecule has 6 nitrogen and oxygen atoms in total. The van der Waals surface area contributed by atoms with Crippen LogP contribution in [0.15, 0.2) is 41.3 Å². The maximum atomic E-state index is 13.7. The number of nitrogens with zero attached hydrogens (tertiary/aromatic N) is 1. The maximum Gasteiger partial charge on any atom is 0.247 e. The first-order valence-electron chi connectivity index (χ1n) is 8.91.